The topological polar surface area (TPSA) is 78.4 Å². The first kappa shape index (κ1) is 16.3. The van der Waals surface area contributed by atoms with Crippen molar-refractivity contribution in [3.05, 3.63) is 28.8 Å². The van der Waals surface area contributed by atoms with Crippen molar-refractivity contribution in [1.29, 1.82) is 0 Å². The zero-order chi connectivity index (χ0) is 15.3. The van der Waals surface area contributed by atoms with Gasteiger partial charge in [-0.05, 0) is 30.5 Å². The molecule has 1 unspecified atom stereocenters. The number of carboxylic acid groups (broad SMARTS) is 1. The molecule has 0 saturated heterocycles. The van der Waals surface area contributed by atoms with Gasteiger partial charge in [0.25, 0.3) is 0 Å². The van der Waals surface area contributed by atoms with E-state index in [1.807, 2.05) is 6.92 Å². The summed E-state index contributed by atoms with van der Waals surface area (Å²) in [5.41, 5.74) is 1.48. The Labute approximate surface area is 123 Å². The molecule has 0 bridgehead atoms. The highest BCUT2D eigenvalue weighted by Gasteiger charge is 2.21. The predicted molar refractivity (Wildman–Crippen MR) is 79.2 cm³/mol. The van der Waals surface area contributed by atoms with E-state index in [4.69, 9.17) is 16.7 Å². The number of amides is 2. The number of hydrogen-bond acceptors (Lipinski definition) is 2. The molecule has 110 valence electrons. The van der Waals surface area contributed by atoms with E-state index < -0.39 is 17.9 Å². The number of aliphatic carboxylic acids is 1. The lowest BCUT2D eigenvalue weighted by Crippen LogP contribution is -2.37. The highest BCUT2D eigenvalue weighted by atomic mass is 35.5. The zero-order valence-corrected chi connectivity index (χ0v) is 12.5. The average molecular weight is 299 g/mol. The summed E-state index contributed by atoms with van der Waals surface area (Å²) >= 11 is 5.86. The van der Waals surface area contributed by atoms with Crippen molar-refractivity contribution in [1.82, 2.24) is 5.32 Å². The van der Waals surface area contributed by atoms with Gasteiger partial charge >= 0.3 is 12.0 Å². The van der Waals surface area contributed by atoms with Crippen LogP contribution in [-0.4, -0.2) is 23.7 Å². The predicted octanol–water partition coefficient (Wildman–Crippen LogP) is 3.13. The number of urea groups is 1. The second-order valence-corrected chi connectivity index (χ2v) is 5.42. The summed E-state index contributed by atoms with van der Waals surface area (Å²) in [4.78, 5) is 22.8. The number of aryl methyl sites for hydroxylation is 1. The van der Waals surface area contributed by atoms with Crippen molar-refractivity contribution in [2.75, 3.05) is 11.9 Å². The van der Waals surface area contributed by atoms with Crippen molar-refractivity contribution in [2.45, 2.75) is 20.8 Å². The summed E-state index contributed by atoms with van der Waals surface area (Å²) in [6.45, 7) is 5.54. The van der Waals surface area contributed by atoms with Gasteiger partial charge < -0.3 is 15.7 Å². The Morgan fingerprint density at radius 3 is 2.55 bits per heavy atom. The SMILES string of the molecule is Cc1ccc(Cl)cc1NC(=O)NCC(C(=O)O)C(C)C. The molecule has 2 amide bonds. The summed E-state index contributed by atoms with van der Waals surface area (Å²) in [7, 11) is 0. The normalized spacial score (nSPS) is 12.1. The molecule has 1 atom stereocenters. The van der Waals surface area contributed by atoms with Crippen LogP contribution < -0.4 is 10.6 Å². The van der Waals surface area contributed by atoms with Crippen molar-refractivity contribution in [2.24, 2.45) is 11.8 Å². The highest BCUT2D eigenvalue weighted by molar-refractivity contribution is 6.31. The summed E-state index contributed by atoms with van der Waals surface area (Å²) < 4.78 is 0. The van der Waals surface area contributed by atoms with E-state index in [2.05, 4.69) is 10.6 Å². The Kier molecular flexibility index (Phi) is 5.82. The van der Waals surface area contributed by atoms with Crippen molar-refractivity contribution >= 4 is 29.3 Å². The molecule has 1 aromatic rings. The van der Waals surface area contributed by atoms with E-state index in [0.717, 1.165) is 5.56 Å². The fourth-order valence-corrected chi connectivity index (χ4v) is 1.88. The lowest BCUT2D eigenvalue weighted by atomic mass is 9.96. The zero-order valence-electron chi connectivity index (χ0n) is 11.7. The molecule has 6 heteroatoms. The van der Waals surface area contributed by atoms with Gasteiger partial charge in [0.15, 0.2) is 0 Å². The maximum Gasteiger partial charge on any atom is 0.319 e. The van der Waals surface area contributed by atoms with E-state index in [0.29, 0.717) is 10.7 Å². The number of nitrogens with one attached hydrogen (secondary N) is 2. The van der Waals surface area contributed by atoms with Crippen LogP contribution >= 0.6 is 11.6 Å². The molecule has 0 aliphatic heterocycles. The minimum atomic E-state index is -0.917. The number of hydrogen-bond donors (Lipinski definition) is 3. The third-order valence-corrected chi connectivity index (χ3v) is 3.29. The molecule has 0 aromatic heterocycles. The largest absolute Gasteiger partial charge is 0.481 e. The highest BCUT2D eigenvalue weighted by Crippen LogP contribution is 2.20. The van der Waals surface area contributed by atoms with Crippen LogP contribution in [0.25, 0.3) is 0 Å². The Balaban J connectivity index is 2.60. The Morgan fingerprint density at radius 2 is 2.00 bits per heavy atom. The molecule has 20 heavy (non-hydrogen) atoms. The first-order valence-electron chi connectivity index (χ1n) is 6.35. The molecular formula is C14H19ClN2O3. The van der Waals surface area contributed by atoms with E-state index in [9.17, 15) is 9.59 Å². The second kappa shape index (κ2) is 7.14. The third-order valence-electron chi connectivity index (χ3n) is 3.05. The number of benzene rings is 1. The Hall–Kier alpha value is -1.75. The molecule has 1 rings (SSSR count). The molecule has 0 aliphatic carbocycles. The number of anilines is 1. The lowest BCUT2D eigenvalue weighted by Gasteiger charge is -2.17. The van der Waals surface area contributed by atoms with Gasteiger partial charge in [-0.2, -0.15) is 0 Å². The standard InChI is InChI=1S/C14H19ClN2O3/c1-8(2)11(13(18)19)7-16-14(20)17-12-6-10(15)5-4-9(12)3/h4-6,8,11H,7H2,1-3H3,(H,18,19)(H2,16,17,20). The molecule has 0 aliphatic rings. The van der Waals surface area contributed by atoms with Crippen LogP contribution in [0.2, 0.25) is 5.02 Å². The van der Waals surface area contributed by atoms with Gasteiger partial charge in [-0.3, -0.25) is 4.79 Å². The van der Waals surface area contributed by atoms with Crippen LogP contribution in [-0.2, 0) is 4.79 Å². The quantitative estimate of drug-likeness (QED) is 0.781. The monoisotopic (exact) mass is 298 g/mol. The van der Waals surface area contributed by atoms with E-state index in [-0.39, 0.29) is 12.5 Å². The molecule has 0 spiro atoms. The lowest BCUT2D eigenvalue weighted by molar-refractivity contribution is -0.142. The van der Waals surface area contributed by atoms with Crippen molar-refractivity contribution < 1.29 is 14.7 Å². The molecular weight excluding hydrogens is 280 g/mol. The number of carboxylic acids is 1. The van der Waals surface area contributed by atoms with Crippen molar-refractivity contribution in [3.8, 4) is 0 Å². The summed E-state index contributed by atoms with van der Waals surface area (Å²) in [6, 6.07) is 4.74. The van der Waals surface area contributed by atoms with Gasteiger partial charge in [-0.15, -0.1) is 0 Å². The van der Waals surface area contributed by atoms with Crippen molar-refractivity contribution in [3.63, 3.8) is 0 Å². The minimum Gasteiger partial charge on any atom is -0.481 e. The molecule has 3 N–H and O–H groups in total. The van der Waals surface area contributed by atoms with E-state index in [1.165, 1.54) is 0 Å². The molecule has 0 radical (unpaired) electrons. The van der Waals surface area contributed by atoms with Gasteiger partial charge in [-0.25, -0.2) is 4.79 Å². The van der Waals surface area contributed by atoms with Gasteiger partial charge in [0.2, 0.25) is 0 Å². The van der Waals surface area contributed by atoms with Gasteiger partial charge in [0.05, 0.1) is 5.92 Å². The first-order valence-corrected chi connectivity index (χ1v) is 6.73. The maximum atomic E-state index is 11.8. The van der Waals surface area contributed by atoms with Crippen LogP contribution in [0.1, 0.15) is 19.4 Å². The number of carbonyl (C=O) groups is 2. The maximum absolute atomic E-state index is 11.8. The summed E-state index contributed by atoms with van der Waals surface area (Å²) in [5.74, 6) is -1.58. The van der Waals surface area contributed by atoms with Crippen LogP contribution in [0.15, 0.2) is 18.2 Å². The fraction of sp³-hybridized carbons (Fsp3) is 0.429. The molecule has 5 nitrogen and oxygen atoms in total. The van der Waals surface area contributed by atoms with Gasteiger partial charge in [0.1, 0.15) is 0 Å². The fourth-order valence-electron chi connectivity index (χ4n) is 1.71. The molecule has 0 fully saturated rings. The van der Waals surface area contributed by atoms with Crippen LogP contribution in [0, 0.1) is 18.8 Å². The second-order valence-electron chi connectivity index (χ2n) is 4.98. The first-order chi connectivity index (χ1) is 9.31. The van der Waals surface area contributed by atoms with Gasteiger partial charge in [0, 0.05) is 17.3 Å². The van der Waals surface area contributed by atoms with E-state index in [1.54, 1.807) is 32.0 Å². The number of halogens is 1. The summed E-state index contributed by atoms with van der Waals surface area (Å²) in [6.07, 6.45) is 0. The Morgan fingerprint density at radius 1 is 1.35 bits per heavy atom. The average Bonchev–Trinajstić information content (AvgIpc) is 2.33. The minimum absolute atomic E-state index is 0.0549. The van der Waals surface area contributed by atoms with E-state index >= 15 is 0 Å². The molecule has 1 aromatic carbocycles. The Bertz CT molecular complexity index is 503. The molecule has 0 heterocycles. The van der Waals surface area contributed by atoms with Crippen LogP contribution in [0.4, 0.5) is 10.5 Å². The smallest absolute Gasteiger partial charge is 0.319 e. The third kappa shape index (κ3) is 4.74. The number of rotatable bonds is 5. The summed E-state index contributed by atoms with van der Waals surface area (Å²) in [5, 5.41) is 14.8. The molecule has 0 saturated carbocycles. The van der Waals surface area contributed by atoms with Crippen LogP contribution in [0.5, 0.6) is 0 Å². The van der Waals surface area contributed by atoms with Gasteiger partial charge in [-0.1, -0.05) is 31.5 Å². The van der Waals surface area contributed by atoms with Crippen LogP contribution in [0.3, 0.4) is 0 Å². The number of carbonyl (C=O) groups excluding carboxylic acids is 1.